The molecule has 1 aromatic carbocycles. The molecule has 6 heteroatoms. The van der Waals surface area contributed by atoms with Crippen LogP contribution in [0.25, 0.3) is 0 Å². The molecule has 1 atom stereocenters. The second-order valence-corrected chi connectivity index (χ2v) is 7.10. The molecular weight excluding hydrogens is 346 g/mol. The fourth-order valence-corrected chi connectivity index (χ4v) is 3.65. The molecule has 1 heterocycles. The van der Waals surface area contributed by atoms with Gasteiger partial charge in [-0.25, -0.2) is 0 Å². The molecule has 0 spiro atoms. The maximum Gasteiger partial charge on any atom is 0.314 e. The van der Waals surface area contributed by atoms with Crippen molar-refractivity contribution in [3.8, 4) is 0 Å². The number of rotatable bonds is 7. The second-order valence-electron chi connectivity index (χ2n) is 7.10. The molecule has 0 bridgehead atoms. The Hall–Kier alpha value is -2.37. The van der Waals surface area contributed by atoms with Crippen LogP contribution in [-0.2, 0) is 30.3 Å². The quantitative estimate of drug-likeness (QED) is 0.685. The number of esters is 2. The number of nitrogens with zero attached hydrogens (tertiary/aromatic N) is 1. The van der Waals surface area contributed by atoms with Gasteiger partial charge in [-0.15, -0.1) is 0 Å². The average Bonchev–Trinajstić information content (AvgIpc) is 2.68. The SMILES string of the molecule is CCOC(=O)[C@@]1(Cc2ccccc2C)CCCN(C(=O)CCC(=O)OC)C1. The third-order valence-electron chi connectivity index (χ3n) is 5.20. The van der Waals surface area contributed by atoms with E-state index in [9.17, 15) is 14.4 Å². The van der Waals surface area contributed by atoms with Gasteiger partial charge in [-0.05, 0) is 44.2 Å². The highest BCUT2D eigenvalue weighted by Gasteiger charge is 2.44. The first-order valence-electron chi connectivity index (χ1n) is 9.48. The molecule has 1 aromatic rings. The largest absolute Gasteiger partial charge is 0.469 e. The minimum Gasteiger partial charge on any atom is -0.469 e. The van der Waals surface area contributed by atoms with Crippen LogP contribution in [0.4, 0.5) is 0 Å². The predicted octanol–water partition coefficient (Wildman–Crippen LogP) is 2.66. The Morgan fingerprint density at radius 2 is 1.93 bits per heavy atom. The number of carbonyl (C=O) groups excluding carboxylic acids is 3. The smallest absolute Gasteiger partial charge is 0.314 e. The van der Waals surface area contributed by atoms with E-state index in [0.29, 0.717) is 32.5 Å². The van der Waals surface area contributed by atoms with Crippen molar-refractivity contribution in [1.82, 2.24) is 4.90 Å². The van der Waals surface area contributed by atoms with E-state index < -0.39 is 11.4 Å². The number of carbonyl (C=O) groups is 3. The topological polar surface area (TPSA) is 72.9 Å². The Morgan fingerprint density at radius 1 is 1.19 bits per heavy atom. The number of likely N-dealkylation sites (tertiary alicyclic amines) is 1. The molecule has 6 nitrogen and oxygen atoms in total. The van der Waals surface area contributed by atoms with Crippen LogP contribution in [0.2, 0.25) is 0 Å². The Balaban J connectivity index is 2.20. The number of hydrogen-bond acceptors (Lipinski definition) is 5. The molecule has 0 aliphatic carbocycles. The van der Waals surface area contributed by atoms with Crippen LogP contribution in [0.15, 0.2) is 24.3 Å². The molecule has 148 valence electrons. The van der Waals surface area contributed by atoms with Crippen molar-refractivity contribution >= 4 is 17.8 Å². The lowest BCUT2D eigenvalue weighted by molar-refractivity contribution is -0.161. The molecule has 0 radical (unpaired) electrons. The monoisotopic (exact) mass is 375 g/mol. The van der Waals surface area contributed by atoms with Crippen LogP contribution in [0, 0.1) is 12.3 Å². The molecule has 2 rings (SSSR count). The molecule has 1 fully saturated rings. The van der Waals surface area contributed by atoms with Crippen molar-refractivity contribution < 1.29 is 23.9 Å². The minimum atomic E-state index is -0.749. The molecule has 27 heavy (non-hydrogen) atoms. The van der Waals surface area contributed by atoms with Gasteiger partial charge < -0.3 is 14.4 Å². The highest BCUT2D eigenvalue weighted by molar-refractivity contribution is 5.83. The molecule has 0 unspecified atom stereocenters. The van der Waals surface area contributed by atoms with Gasteiger partial charge in [0.1, 0.15) is 0 Å². The molecule has 1 aliphatic heterocycles. The van der Waals surface area contributed by atoms with Crippen LogP contribution in [0.3, 0.4) is 0 Å². The molecule has 1 amide bonds. The standard InChI is InChI=1S/C21H29NO5/c1-4-27-20(25)21(14-17-9-6-5-8-16(17)2)12-7-13-22(15-21)18(23)10-11-19(24)26-3/h5-6,8-9H,4,7,10-15H2,1-3H3/t21-/m1/s1. The number of amides is 1. The summed E-state index contributed by atoms with van der Waals surface area (Å²) in [5.41, 5.74) is 1.46. The van der Waals surface area contributed by atoms with Gasteiger partial charge in [0.05, 0.1) is 25.6 Å². The van der Waals surface area contributed by atoms with Gasteiger partial charge in [-0.1, -0.05) is 24.3 Å². The average molecular weight is 375 g/mol. The lowest BCUT2D eigenvalue weighted by atomic mass is 9.74. The minimum absolute atomic E-state index is 0.0516. The maximum absolute atomic E-state index is 12.9. The maximum atomic E-state index is 12.9. The Labute approximate surface area is 160 Å². The first kappa shape index (κ1) is 20.9. The van der Waals surface area contributed by atoms with E-state index in [1.165, 1.54) is 7.11 Å². The first-order valence-corrected chi connectivity index (χ1v) is 9.48. The summed E-state index contributed by atoms with van der Waals surface area (Å²) in [5, 5.41) is 0. The van der Waals surface area contributed by atoms with E-state index in [0.717, 1.165) is 17.5 Å². The summed E-state index contributed by atoms with van der Waals surface area (Å²) >= 11 is 0. The van der Waals surface area contributed by atoms with Crippen LogP contribution in [0.1, 0.15) is 43.7 Å². The fraction of sp³-hybridized carbons (Fsp3) is 0.571. The van der Waals surface area contributed by atoms with Crippen LogP contribution >= 0.6 is 0 Å². The van der Waals surface area contributed by atoms with Crippen molar-refractivity contribution in [2.45, 2.75) is 46.0 Å². The summed E-state index contributed by atoms with van der Waals surface area (Å²) in [6.45, 7) is 5.04. The van der Waals surface area contributed by atoms with Gasteiger partial charge >= 0.3 is 11.9 Å². The number of benzene rings is 1. The van der Waals surface area contributed by atoms with E-state index in [4.69, 9.17) is 4.74 Å². The number of piperidine rings is 1. The first-order chi connectivity index (χ1) is 12.9. The zero-order chi connectivity index (χ0) is 19.9. The van der Waals surface area contributed by atoms with Crippen molar-refractivity contribution in [2.24, 2.45) is 5.41 Å². The lowest BCUT2D eigenvalue weighted by Crippen LogP contribution is -2.51. The zero-order valence-corrected chi connectivity index (χ0v) is 16.5. The van der Waals surface area contributed by atoms with Gasteiger partial charge in [-0.3, -0.25) is 14.4 Å². The Morgan fingerprint density at radius 3 is 2.59 bits per heavy atom. The summed E-state index contributed by atoms with van der Waals surface area (Å²) in [7, 11) is 1.31. The van der Waals surface area contributed by atoms with E-state index in [-0.39, 0.29) is 24.7 Å². The van der Waals surface area contributed by atoms with Crippen LogP contribution in [0.5, 0.6) is 0 Å². The number of methoxy groups -OCH3 is 1. The lowest BCUT2D eigenvalue weighted by Gasteiger charge is -2.41. The zero-order valence-electron chi connectivity index (χ0n) is 16.5. The second kappa shape index (κ2) is 9.53. The van der Waals surface area contributed by atoms with Gasteiger partial charge in [0.25, 0.3) is 0 Å². The van der Waals surface area contributed by atoms with Gasteiger partial charge in [0, 0.05) is 19.5 Å². The summed E-state index contributed by atoms with van der Waals surface area (Å²) in [6.07, 6.45) is 2.10. The van der Waals surface area contributed by atoms with E-state index >= 15 is 0 Å². The molecule has 1 aliphatic rings. The van der Waals surface area contributed by atoms with Crippen molar-refractivity contribution in [1.29, 1.82) is 0 Å². The molecule has 1 saturated heterocycles. The highest BCUT2D eigenvalue weighted by atomic mass is 16.5. The third-order valence-corrected chi connectivity index (χ3v) is 5.20. The van der Waals surface area contributed by atoms with Crippen LogP contribution in [-0.4, -0.2) is 49.6 Å². The number of ether oxygens (including phenoxy) is 2. The van der Waals surface area contributed by atoms with E-state index in [1.54, 1.807) is 11.8 Å². The number of aryl methyl sites for hydroxylation is 1. The van der Waals surface area contributed by atoms with Crippen molar-refractivity contribution in [3.05, 3.63) is 35.4 Å². The molecule has 0 aromatic heterocycles. The summed E-state index contributed by atoms with van der Waals surface area (Å²) in [4.78, 5) is 38.5. The van der Waals surface area contributed by atoms with Crippen LogP contribution < -0.4 is 0 Å². The third kappa shape index (κ3) is 5.31. The van der Waals surface area contributed by atoms with Crippen molar-refractivity contribution in [3.63, 3.8) is 0 Å². The Bertz CT molecular complexity index is 687. The molecular formula is C21H29NO5. The Kier molecular flexibility index (Phi) is 7.39. The van der Waals surface area contributed by atoms with E-state index in [2.05, 4.69) is 4.74 Å². The summed E-state index contributed by atoms with van der Waals surface area (Å²) in [5.74, 6) is -0.783. The number of hydrogen-bond donors (Lipinski definition) is 0. The summed E-state index contributed by atoms with van der Waals surface area (Å²) < 4.78 is 10.00. The molecule has 0 saturated carbocycles. The van der Waals surface area contributed by atoms with Gasteiger partial charge in [0.15, 0.2) is 0 Å². The van der Waals surface area contributed by atoms with Gasteiger partial charge in [0.2, 0.25) is 5.91 Å². The highest BCUT2D eigenvalue weighted by Crippen LogP contribution is 2.36. The van der Waals surface area contributed by atoms with E-state index in [1.807, 2.05) is 31.2 Å². The van der Waals surface area contributed by atoms with Crippen molar-refractivity contribution in [2.75, 3.05) is 26.8 Å². The van der Waals surface area contributed by atoms with Gasteiger partial charge in [-0.2, -0.15) is 0 Å². The normalized spacial score (nSPS) is 19.4. The fourth-order valence-electron chi connectivity index (χ4n) is 3.65. The molecule has 0 N–H and O–H groups in total. The predicted molar refractivity (Wildman–Crippen MR) is 101 cm³/mol. The summed E-state index contributed by atoms with van der Waals surface area (Å²) in [6, 6.07) is 7.98.